The number of rotatable bonds is 3. The molecule has 114 valence electrons. The summed E-state index contributed by atoms with van der Waals surface area (Å²) in [6, 6.07) is 0.0838. The third kappa shape index (κ3) is 2.66. The number of nitrogens with one attached hydrogen (secondary N) is 1. The lowest BCUT2D eigenvalue weighted by molar-refractivity contribution is -0.141. The van der Waals surface area contributed by atoms with Crippen molar-refractivity contribution in [3.05, 3.63) is 17.5 Å². The molecule has 21 heavy (non-hydrogen) atoms. The summed E-state index contributed by atoms with van der Waals surface area (Å²) in [5.41, 5.74) is -2.34. The van der Waals surface area contributed by atoms with Crippen molar-refractivity contribution in [3.63, 3.8) is 0 Å². The smallest absolute Gasteiger partial charge is 0.434 e. The van der Waals surface area contributed by atoms with Crippen LogP contribution >= 0.6 is 0 Å². The highest BCUT2D eigenvalue weighted by Crippen LogP contribution is 2.45. The maximum absolute atomic E-state index is 12.9. The van der Waals surface area contributed by atoms with Gasteiger partial charge in [-0.2, -0.15) is 13.2 Å². The number of carbonyl (C=O) groups is 1. The minimum atomic E-state index is -4.82. The summed E-state index contributed by atoms with van der Waals surface area (Å²) in [6.07, 6.45) is 0.152. The van der Waals surface area contributed by atoms with Crippen LogP contribution in [0.3, 0.4) is 0 Å². The Morgan fingerprint density at radius 3 is 2.62 bits per heavy atom. The molecule has 1 heterocycles. The predicted molar refractivity (Wildman–Crippen MR) is 66.9 cm³/mol. The molecule has 2 fully saturated rings. The second-order valence-electron chi connectivity index (χ2n) is 5.68. The van der Waals surface area contributed by atoms with Crippen LogP contribution in [0.25, 0.3) is 0 Å². The zero-order valence-corrected chi connectivity index (χ0v) is 11.0. The van der Waals surface area contributed by atoms with E-state index < -0.39 is 23.4 Å². The van der Waals surface area contributed by atoms with Crippen LogP contribution in [0, 0.1) is 11.8 Å². The van der Waals surface area contributed by atoms with Gasteiger partial charge in [-0.15, -0.1) is 0 Å². The van der Waals surface area contributed by atoms with Gasteiger partial charge in [-0.25, -0.2) is 14.8 Å². The van der Waals surface area contributed by atoms with Crippen molar-refractivity contribution in [2.75, 3.05) is 5.32 Å². The lowest BCUT2D eigenvalue weighted by Gasteiger charge is -2.23. The molecular weight excluding hydrogens is 287 g/mol. The summed E-state index contributed by atoms with van der Waals surface area (Å²) in [4.78, 5) is 17.9. The number of carboxylic acids is 1. The first-order valence-corrected chi connectivity index (χ1v) is 6.78. The molecule has 3 rings (SSSR count). The molecule has 2 N–H and O–H groups in total. The average Bonchev–Trinajstić information content (AvgIpc) is 2.99. The van der Waals surface area contributed by atoms with Crippen molar-refractivity contribution >= 4 is 11.9 Å². The quantitative estimate of drug-likeness (QED) is 0.898. The van der Waals surface area contributed by atoms with Crippen molar-refractivity contribution in [2.24, 2.45) is 11.8 Å². The molecule has 0 aliphatic heterocycles. The van der Waals surface area contributed by atoms with E-state index in [0.717, 1.165) is 19.3 Å². The zero-order valence-electron chi connectivity index (χ0n) is 11.0. The monoisotopic (exact) mass is 301 g/mol. The number of anilines is 1. The molecular formula is C13H14F3N3O2. The fourth-order valence-electron chi connectivity index (χ4n) is 3.41. The highest BCUT2D eigenvalue weighted by molar-refractivity contribution is 5.88. The largest absolute Gasteiger partial charge is 0.478 e. The van der Waals surface area contributed by atoms with Crippen molar-refractivity contribution in [3.8, 4) is 0 Å². The molecule has 2 aliphatic carbocycles. The van der Waals surface area contributed by atoms with Gasteiger partial charge in [0.05, 0.1) is 0 Å². The van der Waals surface area contributed by atoms with Crippen molar-refractivity contribution in [1.29, 1.82) is 0 Å². The Morgan fingerprint density at radius 2 is 2.10 bits per heavy atom. The maximum atomic E-state index is 12.9. The first kappa shape index (κ1) is 14.1. The maximum Gasteiger partial charge on any atom is 0.434 e. The molecule has 1 aromatic heterocycles. The fourth-order valence-corrected chi connectivity index (χ4v) is 3.41. The van der Waals surface area contributed by atoms with Crippen LogP contribution < -0.4 is 5.32 Å². The van der Waals surface area contributed by atoms with E-state index in [9.17, 15) is 18.0 Å². The molecule has 8 heteroatoms. The van der Waals surface area contributed by atoms with Gasteiger partial charge in [-0.1, -0.05) is 6.42 Å². The zero-order chi connectivity index (χ0) is 15.2. The minimum Gasteiger partial charge on any atom is -0.478 e. The van der Waals surface area contributed by atoms with Crippen LogP contribution in [0.5, 0.6) is 0 Å². The van der Waals surface area contributed by atoms with Gasteiger partial charge in [0.25, 0.3) is 0 Å². The number of hydrogen-bond acceptors (Lipinski definition) is 4. The molecule has 0 saturated heterocycles. The summed E-state index contributed by atoms with van der Waals surface area (Å²) >= 11 is 0. The molecule has 0 amide bonds. The number of fused-ring (bicyclic) bond motifs is 2. The van der Waals surface area contributed by atoms with E-state index in [-0.39, 0.29) is 12.0 Å². The summed E-state index contributed by atoms with van der Waals surface area (Å²) in [5, 5.41) is 11.7. The van der Waals surface area contributed by atoms with Crippen molar-refractivity contribution < 1.29 is 23.1 Å². The van der Waals surface area contributed by atoms with E-state index in [1.54, 1.807) is 0 Å². The molecule has 2 saturated carbocycles. The number of alkyl halides is 3. The highest BCUT2D eigenvalue weighted by Gasteiger charge is 2.41. The van der Waals surface area contributed by atoms with Gasteiger partial charge in [0.15, 0.2) is 5.69 Å². The van der Waals surface area contributed by atoms with E-state index >= 15 is 0 Å². The Hall–Kier alpha value is -1.86. The van der Waals surface area contributed by atoms with E-state index in [0.29, 0.717) is 18.0 Å². The minimum absolute atomic E-state index is 0.0838. The van der Waals surface area contributed by atoms with Crippen LogP contribution in [-0.2, 0) is 6.18 Å². The first-order valence-electron chi connectivity index (χ1n) is 6.78. The third-order valence-corrected chi connectivity index (χ3v) is 4.34. The average molecular weight is 301 g/mol. The van der Waals surface area contributed by atoms with Gasteiger partial charge >= 0.3 is 12.1 Å². The summed E-state index contributed by atoms with van der Waals surface area (Å²) in [7, 11) is 0. The Balaban J connectivity index is 1.85. The molecule has 0 spiro atoms. The number of aromatic carboxylic acids is 1. The number of hydrogen-bond donors (Lipinski definition) is 2. The van der Waals surface area contributed by atoms with Crippen molar-refractivity contribution in [2.45, 2.75) is 37.9 Å². The normalized spacial score (nSPS) is 27.9. The standard InChI is InChI=1S/C13H14F3N3O2/c14-13(15,16)10-8(11(20)21)5-17-12(19-10)18-9-4-6-1-2-7(9)3-6/h5-7,9H,1-4H2,(H,20,21)(H,17,18,19)/t6-,7+,9+/m0/s1. The van der Waals surface area contributed by atoms with Gasteiger partial charge in [0.1, 0.15) is 5.56 Å². The molecule has 1 aromatic rings. The van der Waals surface area contributed by atoms with Crippen LogP contribution in [0.2, 0.25) is 0 Å². The highest BCUT2D eigenvalue weighted by atomic mass is 19.4. The second kappa shape index (κ2) is 4.85. The summed E-state index contributed by atoms with van der Waals surface area (Å²) in [5.74, 6) is -0.751. The van der Waals surface area contributed by atoms with E-state index in [4.69, 9.17) is 5.11 Å². The SMILES string of the molecule is O=C(O)c1cnc(N[C@@H]2C[C@H]3CC[C@@H]2C3)nc1C(F)(F)F. The second-order valence-corrected chi connectivity index (χ2v) is 5.68. The van der Waals surface area contributed by atoms with Crippen molar-refractivity contribution in [1.82, 2.24) is 9.97 Å². The fraction of sp³-hybridized carbons (Fsp3) is 0.615. The lowest BCUT2D eigenvalue weighted by Crippen LogP contribution is -2.28. The van der Waals surface area contributed by atoms with Gasteiger partial charge in [-0.3, -0.25) is 0 Å². The number of nitrogens with zero attached hydrogens (tertiary/aromatic N) is 2. The first-order chi connectivity index (χ1) is 9.84. The lowest BCUT2D eigenvalue weighted by atomic mass is 9.95. The number of aromatic nitrogens is 2. The Morgan fingerprint density at radius 1 is 1.33 bits per heavy atom. The van der Waals surface area contributed by atoms with Crippen LogP contribution in [-0.4, -0.2) is 27.1 Å². The molecule has 0 unspecified atom stereocenters. The van der Waals surface area contributed by atoms with Crippen LogP contribution in [0.15, 0.2) is 6.20 Å². The van der Waals surface area contributed by atoms with Gasteiger partial charge in [-0.05, 0) is 31.1 Å². The predicted octanol–water partition coefficient (Wildman–Crippen LogP) is 2.79. The van der Waals surface area contributed by atoms with E-state index in [1.165, 1.54) is 6.42 Å². The van der Waals surface area contributed by atoms with Crippen LogP contribution in [0.1, 0.15) is 41.7 Å². The number of carboxylic acid groups (broad SMARTS) is 1. The van der Waals surface area contributed by atoms with Gasteiger partial charge in [0, 0.05) is 12.2 Å². The molecule has 2 bridgehead atoms. The van der Waals surface area contributed by atoms with Gasteiger partial charge in [0.2, 0.25) is 5.95 Å². The number of halogens is 3. The van der Waals surface area contributed by atoms with Gasteiger partial charge < -0.3 is 10.4 Å². The Labute approximate surface area is 118 Å². The molecule has 0 radical (unpaired) electrons. The molecule has 0 aromatic carbocycles. The van der Waals surface area contributed by atoms with E-state index in [1.807, 2.05) is 0 Å². The molecule has 2 aliphatic rings. The Kier molecular flexibility index (Phi) is 3.26. The molecule has 5 nitrogen and oxygen atoms in total. The van der Waals surface area contributed by atoms with E-state index in [2.05, 4.69) is 15.3 Å². The summed E-state index contributed by atoms with van der Waals surface area (Å²) in [6.45, 7) is 0. The molecule has 3 atom stereocenters. The third-order valence-electron chi connectivity index (χ3n) is 4.34. The topological polar surface area (TPSA) is 75.1 Å². The van der Waals surface area contributed by atoms with Crippen LogP contribution in [0.4, 0.5) is 19.1 Å². The Bertz CT molecular complexity index is 576. The summed E-state index contributed by atoms with van der Waals surface area (Å²) < 4.78 is 38.6.